The van der Waals surface area contributed by atoms with Gasteiger partial charge in [0.25, 0.3) is 5.91 Å². The second kappa shape index (κ2) is 7.89. The van der Waals surface area contributed by atoms with Crippen molar-refractivity contribution in [3.05, 3.63) is 45.7 Å². The van der Waals surface area contributed by atoms with Crippen molar-refractivity contribution in [2.45, 2.75) is 20.8 Å². The highest BCUT2D eigenvalue weighted by Crippen LogP contribution is 2.26. The van der Waals surface area contributed by atoms with Crippen LogP contribution in [0.4, 0.5) is 5.69 Å². The Kier molecular flexibility index (Phi) is 5.57. The number of carbonyl (C=O) groups is 2. The first-order valence-corrected chi connectivity index (χ1v) is 9.26. The molecule has 1 amide bonds. The molecule has 2 aromatic heterocycles. The summed E-state index contributed by atoms with van der Waals surface area (Å²) in [7, 11) is 1.54. The number of thiazole rings is 1. The van der Waals surface area contributed by atoms with E-state index in [2.05, 4.69) is 15.3 Å². The topological polar surface area (TPSA) is 93.3 Å². The van der Waals surface area contributed by atoms with Crippen LogP contribution in [0.5, 0.6) is 0 Å². The number of amides is 1. The molecule has 0 bridgehead atoms. The van der Waals surface area contributed by atoms with Gasteiger partial charge in [-0.1, -0.05) is 0 Å². The number of hydrogen-bond acceptors (Lipinski definition) is 6. The molecule has 0 unspecified atom stereocenters. The zero-order valence-corrected chi connectivity index (χ0v) is 16.5. The number of carbonyl (C=O) groups excluding carboxylic acids is 2. The maximum atomic E-state index is 12.7. The van der Waals surface area contributed by atoms with Gasteiger partial charge < -0.3 is 19.8 Å². The molecule has 3 rings (SSSR count). The van der Waals surface area contributed by atoms with Crippen LogP contribution in [0, 0.1) is 20.8 Å². The molecule has 0 fully saturated rings. The summed E-state index contributed by atoms with van der Waals surface area (Å²) in [4.78, 5) is 32.4. The number of aromatic amines is 1. The van der Waals surface area contributed by atoms with Crippen LogP contribution < -0.4 is 5.32 Å². The summed E-state index contributed by atoms with van der Waals surface area (Å²) in [5.74, 6) is -0.786. The highest BCUT2D eigenvalue weighted by Gasteiger charge is 2.23. The van der Waals surface area contributed by atoms with Gasteiger partial charge >= 0.3 is 5.97 Å². The first kappa shape index (κ1) is 19.1. The number of esters is 1. The zero-order valence-electron chi connectivity index (χ0n) is 15.6. The maximum absolute atomic E-state index is 12.7. The minimum atomic E-state index is -0.473. The van der Waals surface area contributed by atoms with E-state index in [-0.39, 0.29) is 12.5 Å². The molecule has 0 radical (unpaired) electrons. The number of rotatable bonds is 6. The molecular formula is C19H21N3O4S. The quantitative estimate of drug-likeness (QED) is 0.498. The van der Waals surface area contributed by atoms with Gasteiger partial charge in [0.05, 0.1) is 27.4 Å². The molecule has 0 aliphatic heterocycles. The fraction of sp³-hybridized carbons (Fsp3) is 0.316. The Bertz CT molecular complexity index is 1010. The van der Waals surface area contributed by atoms with E-state index in [9.17, 15) is 9.59 Å². The standard InChI is InChI=1S/C19H21N3O4S/c1-10-16(19(24)26-8-7-25-4)11(2)20-17(10)18(23)22-13-5-6-14-15(9-13)27-12(3)21-14/h5-6,9,20H,7-8H2,1-4H3,(H,22,23). The van der Waals surface area contributed by atoms with Crippen molar-refractivity contribution in [1.82, 2.24) is 9.97 Å². The van der Waals surface area contributed by atoms with E-state index in [4.69, 9.17) is 9.47 Å². The SMILES string of the molecule is COCCOC(=O)c1c(C)[nH]c(C(=O)Nc2ccc3nc(C)sc3c2)c1C. The van der Waals surface area contributed by atoms with Gasteiger partial charge in [-0.05, 0) is 44.5 Å². The molecule has 0 saturated carbocycles. The lowest BCUT2D eigenvalue weighted by atomic mass is 10.1. The van der Waals surface area contributed by atoms with E-state index in [0.29, 0.717) is 34.8 Å². The molecule has 0 saturated heterocycles. The first-order chi connectivity index (χ1) is 12.9. The summed E-state index contributed by atoms with van der Waals surface area (Å²) < 4.78 is 11.1. The third kappa shape index (κ3) is 4.01. The minimum Gasteiger partial charge on any atom is -0.460 e. The summed E-state index contributed by atoms with van der Waals surface area (Å²) in [5.41, 5.74) is 3.45. The number of benzene rings is 1. The highest BCUT2D eigenvalue weighted by molar-refractivity contribution is 7.18. The van der Waals surface area contributed by atoms with Crippen LogP contribution in [-0.4, -0.2) is 42.2 Å². The molecule has 0 spiro atoms. The zero-order chi connectivity index (χ0) is 19.6. The first-order valence-electron chi connectivity index (χ1n) is 8.44. The Morgan fingerprint density at radius 3 is 2.74 bits per heavy atom. The second-order valence-corrected chi connectivity index (χ2v) is 7.36. The van der Waals surface area contributed by atoms with Gasteiger partial charge in [-0.2, -0.15) is 0 Å². The molecule has 1 aromatic carbocycles. The summed E-state index contributed by atoms with van der Waals surface area (Å²) in [5, 5.41) is 3.84. The van der Waals surface area contributed by atoms with Crippen LogP contribution in [0.2, 0.25) is 0 Å². The van der Waals surface area contributed by atoms with Crippen LogP contribution in [0.25, 0.3) is 10.2 Å². The van der Waals surface area contributed by atoms with Gasteiger partial charge in [-0.25, -0.2) is 9.78 Å². The number of aryl methyl sites for hydroxylation is 2. The number of anilines is 1. The van der Waals surface area contributed by atoms with Crippen LogP contribution in [0.3, 0.4) is 0 Å². The minimum absolute atomic E-state index is 0.162. The van der Waals surface area contributed by atoms with Crippen molar-refractivity contribution < 1.29 is 19.1 Å². The third-order valence-electron chi connectivity index (χ3n) is 4.14. The van der Waals surface area contributed by atoms with E-state index in [1.807, 2.05) is 25.1 Å². The summed E-state index contributed by atoms with van der Waals surface area (Å²) >= 11 is 1.57. The monoisotopic (exact) mass is 387 g/mol. The Balaban J connectivity index is 1.79. The third-order valence-corrected chi connectivity index (χ3v) is 5.08. The Labute approximate surface area is 160 Å². The smallest absolute Gasteiger partial charge is 0.340 e. The van der Waals surface area contributed by atoms with Crippen molar-refractivity contribution in [3.63, 3.8) is 0 Å². The average Bonchev–Trinajstić information content (AvgIpc) is 3.13. The molecular weight excluding hydrogens is 366 g/mol. The Morgan fingerprint density at radius 1 is 1.22 bits per heavy atom. The lowest BCUT2D eigenvalue weighted by Gasteiger charge is -2.06. The number of ether oxygens (including phenoxy) is 2. The van der Waals surface area contributed by atoms with E-state index in [1.54, 1.807) is 25.2 Å². The van der Waals surface area contributed by atoms with Gasteiger partial charge in [0.1, 0.15) is 12.3 Å². The molecule has 2 heterocycles. The summed E-state index contributed by atoms with van der Waals surface area (Å²) in [6.45, 7) is 5.89. The van der Waals surface area contributed by atoms with Crippen molar-refractivity contribution in [1.29, 1.82) is 0 Å². The van der Waals surface area contributed by atoms with Gasteiger partial charge in [-0.15, -0.1) is 11.3 Å². The van der Waals surface area contributed by atoms with Crippen LogP contribution in [-0.2, 0) is 9.47 Å². The predicted octanol–water partition coefficient (Wildman–Crippen LogP) is 3.61. The average molecular weight is 387 g/mol. The molecule has 142 valence electrons. The normalized spacial score (nSPS) is 11.0. The highest BCUT2D eigenvalue weighted by atomic mass is 32.1. The molecule has 0 aliphatic carbocycles. The van der Waals surface area contributed by atoms with E-state index < -0.39 is 5.97 Å². The largest absolute Gasteiger partial charge is 0.460 e. The molecule has 3 aromatic rings. The van der Waals surface area contributed by atoms with Crippen LogP contribution >= 0.6 is 11.3 Å². The van der Waals surface area contributed by atoms with Gasteiger partial charge in [0.2, 0.25) is 0 Å². The molecule has 2 N–H and O–H groups in total. The number of nitrogens with one attached hydrogen (secondary N) is 2. The van der Waals surface area contributed by atoms with Crippen LogP contribution in [0.1, 0.15) is 37.1 Å². The predicted molar refractivity (Wildman–Crippen MR) is 105 cm³/mol. The number of aromatic nitrogens is 2. The molecule has 8 heteroatoms. The van der Waals surface area contributed by atoms with Gasteiger partial charge in [0, 0.05) is 18.5 Å². The number of fused-ring (bicyclic) bond motifs is 1. The second-order valence-electron chi connectivity index (χ2n) is 6.12. The van der Waals surface area contributed by atoms with E-state index in [1.165, 1.54) is 7.11 Å². The fourth-order valence-corrected chi connectivity index (χ4v) is 3.75. The molecule has 27 heavy (non-hydrogen) atoms. The fourth-order valence-electron chi connectivity index (χ4n) is 2.88. The van der Waals surface area contributed by atoms with E-state index in [0.717, 1.165) is 15.2 Å². The lowest BCUT2D eigenvalue weighted by molar-refractivity contribution is 0.0387. The molecule has 7 nitrogen and oxygen atoms in total. The van der Waals surface area contributed by atoms with E-state index >= 15 is 0 Å². The summed E-state index contributed by atoms with van der Waals surface area (Å²) in [6, 6.07) is 5.58. The lowest BCUT2D eigenvalue weighted by Crippen LogP contribution is -2.14. The van der Waals surface area contributed by atoms with Crippen LogP contribution in [0.15, 0.2) is 18.2 Å². The van der Waals surface area contributed by atoms with Crippen molar-refractivity contribution in [2.24, 2.45) is 0 Å². The number of methoxy groups -OCH3 is 1. The number of H-pyrrole nitrogens is 1. The number of hydrogen-bond donors (Lipinski definition) is 2. The van der Waals surface area contributed by atoms with Gasteiger partial charge in [-0.3, -0.25) is 4.79 Å². The Hall–Kier alpha value is -2.71. The summed E-state index contributed by atoms with van der Waals surface area (Å²) in [6.07, 6.45) is 0. The van der Waals surface area contributed by atoms with Gasteiger partial charge in [0.15, 0.2) is 0 Å². The van der Waals surface area contributed by atoms with Crippen molar-refractivity contribution >= 4 is 39.1 Å². The van der Waals surface area contributed by atoms with Crippen molar-refractivity contribution in [3.8, 4) is 0 Å². The number of nitrogens with zero attached hydrogens (tertiary/aromatic N) is 1. The van der Waals surface area contributed by atoms with Crippen molar-refractivity contribution in [2.75, 3.05) is 25.6 Å². The maximum Gasteiger partial charge on any atom is 0.340 e. The molecule has 0 atom stereocenters. The Morgan fingerprint density at radius 2 is 2.00 bits per heavy atom. The molecule has 0 aliphatic rings.